The number of alkyl halides is 1. The van der Waals surface area contributed by atoms with Gasteiger partial charge in [-0.2, -0.15) is 5.10 Å². The van der Waals surface area contributed by atoms with Crippen LogP contribution in [0.4, 0.5) is 4.39 Å². The first-order chi connectivity index (χ1) is 5.21. The summed E-state index contributed by atoms with van der Waals surface area (Å²) in [6.45, 7) is 4.51. The van der Waals surface area contributed by atoms with E-state index in [1.54, 1.807) is 0 Å². The third kappa shape index (κ3) is 0.686. The predicted octanol–water partition coefficient (Wildman–Crippen LogP) is 1.28. The van der Waals surface area contributed by atoms with Crippen molar-refractivity contribution < 1.29 is 4.39 Å². The van der Waals surface area contributed by atoms with Crippen molar-refractivity contribution in [1.29, 1.82) is 0 Å². The molecule has 2 aliphatic rings. The fourth-order valence-electron chi connectivity index (χ4n) is 2.09. The van der Waals surface area contributed by atoms with Gasteiger partial charge in [0.25, 0.3) is 0 Å². The lowest BCUT2D eigenvalue weighted by Crippen LogP contribution is -2.32. The highest BCUT2D eigenvalue weighted by Gasteiger charge is 2.64. The van der Waals surface area contributed by atoms with Gasteiger partial charge in [-0.1, -0.05) is 6.92 Å². The Balaban J connectivity index is 2.08. The average Bonchev–Trinajstić information content (AvgIpc) is 2.39. The Bertz CT molecular complexity index is 204. The van der Waals surface area contributed by atoms with E-state index in [0.29, 0.717) is 18.4 Å². The number of hydrogen-bond acceptors (Lipinski definition) is 2. The molecule has 0 bridgehead atoms. The Morgan fingerprint density at radius 2 is 2.45 bits per heavy atom. The largest absolute Gasteiger partial charge is 0.288 e. The SMILES string of the molecule is CC1[C@H]2C=NN(CCF)C12C. The molecule has 3 heteroatoms. The van der Waals surface area contributed by atoms with Gasteiger partial charge in [-0.25, -0.2) is 4.39 Å². The molecule has 2 unspecified atom stereocenters. The molecule has 0 N–H and O–H groups in total. The van der Waals surface area contributed by atoms with Gasteiger partial charge >= 0.3 is 0 Å². The molecule has 3 atom stereocenters. The minimum absolute atomic E-state index is 0.159. The van der Waals surface area contributed by atoms with E-state index in [2.05, 4.69) is 18.9 Å². The van der Waals surface area contributed by atoms with Crippen molar-refractivity contribution in [2.24, 2.45) is 16.9 Å². The van der Waals surface area contributed by atoms with Gasteiger partial charge in [0.05, 0.1) is 12.1 Å². The van der Waals surface area contributed by atoms with Crippen LogP contribution in [0.25, 0.3) is 0 Å². The van der Waals surface area contributed by atoms with E-state index in [1.165, 1.54) is 0 Å². The summed E-state index contributed by atoms with van der Waals surface area (Å²) in [4.78, 5) is 0. The Kier molecular flexibility index (Phi) is 1.26. The van der Waals surface area contributed by atoms with Gasteiger partial charge in [-0.15, -0.1) is 0 Å². The maximum atomic E-state index is 12.0. The molecule has 0 amide bonds. The molecule has 2 nitrogen and oxygen atoms in total. The Hall–Kier alpha value is -0.600. The normalized spacial score (nSPS) is 46.3. The van der Waals surface area contributed by atoms with Gasteiger partial charge in [0.15, 0.2) is 0 Å². The summed E-state index contributed by atoms with van der Waals surface area (Å²) < 4.78 is 12.0. The first-order valence-electron chi connectivity index (χ1n) is 4.09. The van der Waals surface area contributed by atoms with E-state index in [0.717, 1.165) is 0 Å². The Morgan fingerprint density at radius 1 is 1.73 bits per heavy atom. The van der Waals surface area contributed by atoms with Gasteiger partial charge < -0.3 is 0 Å². The van der Waals surface area contributed by atoms with E-state index in [-0.39, 0.29) is 12.2 Å². The molecular formula is C8H13FN2. The number of hydrogen-bond donors (Lipinski definition) is 0. The van der Waals surface area contributed by atoms with E-state index in [4.69, 9.17) is 0 Å². The lowest BCUT2D eigenvalue weighted by molar-refractivity contribution is 0.179. The summed E-state index contributed by atoms with van der Waals surface area (Å²) in [6, 6.07) is 0. The molecular weight excluding hydrogens is 143 g/mol. The molecule has 0 aromatic rings. The second kappa shape index (κ2) is 1.96. The predicted molar refractivity (Wildman–Crippen MR) is 42.2 cm³/mol. The first kappa shape index (κ1) is 7.07. The highest BCUT2D eigenvalue weighted by molar-refractivity contribution is 5.71. The van der Waals surface area contributed by atoms with Crippen LogP contribution in [0.3, 0.4) is 0 Å². The summed E-state index contributed by atoms with van der Waals surface area (Å²) in [6.07, 6.45) is 1.96. The molecule has 0 saturated heterocycles. The minimum atomic E-state index is -0.299. The third-order valence-electron chi connectivity index (χ3n) is 3.25. The van der Waals surface area contributed by atoms with Crippen molar-refractivity contribution in [3.8, 4) is 0 Å². The molecule has 11 heavy (non-hydrogen) atoms. The molecule has 2 rings (SSSR count). The van der Waals surface area contributed by atoms with E-state index in [9.17, 15) is 4.39 Å². The van der Waals surface area contributed by atoms with Crippen molar-refractivity contribution in [2.75, 3.05) is 13.2 Å². The number of nitrogens with zero attached hydrogens (tertiary/aromatic N) is 2. The summed E-state index contributed by atoms with van der Waals surface area (Å²) in [7, 11) is 0. The van der Waals surface area contributed by atoms with Gasteiger partial charge in [0.1, 0.15) is 6.67 Å². The molecule has 62 valence electrons. The molecule has 0 aromatic heterocycles. The van der Waals surface area contributed by atoms with Gasteiger partial charge in [0.2, 0.25) is 0 Å². The fraction of sp³-hybridized carbons (Fsp3) is 0.875. The highest BCUT2D eigenvalue weighted by atomic mass is 19.1. The topological polar surface area (TPSA) is 15.6 Å². The number of halogens is 1. The van der Waals surface area contributed by atoms with Gasteiger partial charge in [-0.3, -0.25) is 5.01 Å². The van der Waals surface area contributed by atoms with Crippen molar-refractivity contribution in [2.45, 2.75) is 19.4 Å². The Labute approximate surface area is 66.1 Å². The lowest BCUT2D eigenvalue weighted by Gasteiger charge is -2.23. The van der Waals surface area contributed by atoms with E-state index in [1.807, 2.05) is 11.2 Å². The van der Waals surface area contributed by atoms with Crippen molar-refractivity contribution in [3.05, 3.63) is 0 Å². The summed E-state index contributed by atoms with van der Waals surface area (Å²) in [5.41, 5.74) is 0.159. The highest BCUT2D eigenvalue weighted by Crippen LogP contribution is 2.56. The van der Waals surface area contributed by atoms with Crippen LogP contribution in [-0.2, 0) is 0 Å². The fourth-order valence-corrected chi connectivity index (χ4v) is 2.09. The van der Waals surface area contributed by atoms with Crippen LogP contribution in [0.5, 0.6) is 0 Å². The van der Waals surface area contributed by atoms with E-state index >= 15 is 0 Å². The second-order valence-electron chi connectivity index (χ2n) is 3.62. The lowest BCUT2D eigenvalue weighted by atomic mass is 10.2. The second-order valence-corrected chi connectivity index (χ2v) is 3.62. The van der Waals surface area contributed by atoms with Crippen molar-refractivity contribution in [3.63, 3.8) is 0 Å². The molecule has 1 aliphatic heterocycles. The van der Waals surface area contributed by atoms with Crippen molar-refractivity contribution in [1.82, 2.24) is 5.01 Å². The van der Waals surface area contributed by atoms with Crippen LogP contribution >= 0.6 is 0 Å². The average molecular weight is 156 g/mol. The molecule has 0 aromatic carbocycles. The van der Waals surface area contributed by atoms with Crippen LogP contribution < -0.4 is 0 Å². The molecule has 0 spiro atoms. The monoisotopic (exact) mass is 156 g/mol. The van der Waals surface area contributed by atoms with Crippen LogP contribution in [0, 0.1) is 11.8 Å². The molecule has 1 fully saturated rings. The standard InChI is InChI=1S/C8H13FN2/c1-6-7-5-10-11(4-3-9)8(6,7)2/h5-7H,3-4H2,1-2H3/t6?,7-,8?/m1/s1. The number of fused-ring (bicyclic) bond motifs is 1. The number of hydrazone groups is 1. The summed E-state index contributed by atoms with van der Waals surface area (Å²) >= 11 is 0. The molecule has 1 heterocycles. The zero-order chi connectivity index (χ0) is 8.06. The summed E-state index contributed by atoms with van der Waals surface area (Å²) in [5.74, 6) is 1.24. The Morgan fingerprint density at radius 3 is 2.91 bits per heavy atom. The molecule has 1 aliphatic carbocycles. The van der Waals surface area contributed by atoms with Crippen LogP contribution in [0.15, 0.2) is 5.10 Å². The van der Waals surface area contributed by atoms with Crippen LogP contribution in [0.2, 0.25) is 0 Å². The zero-order valence-electron chi connectivity index (χ0n) is 6.92. The molecule has 0 radical (unpaired) electrons. The minimum Gasteiger partial charge on any atom is -0.288 e. The van der Waals surface area contributed by atoms with Gasteiger partial charge in [0, 0.05) is 12.1 Å². The van der Waals surface area contributed by atoms with E-state index < -0.39 is 0 Å². The van der Waals surface area contributed by atoms with Gasteiger partial charge in [-0.05, 0) is 12.8 Å². The zero-order valence-corrected chi connectivity index (χ0v) is 6.92. The third-order valence-corrected chi connectivity index (χ3v) is 3.25. The summed E-state index contributed by atoms with van der Waals surface area (Å²) in [5, 5.41) is 6.04. The number of rotatable bonds is 2. The molecule has 1 saturated carbocycles. The smallest absolute Gasteiger partial charge is 0.109 e. The quantitative estimate of drug-likeness (QED) is 0.588. The first-order valence-corrected chi connectivity index (χ1v) is 4.09. The van der Waals surface area contributed by atoms with Crippen LogP contribution in [0.1, 0.15) is 13.8 Å². The maximum Gasteiger partial charge on any atom is 0.109 e. The van der Waals surface area contributed by atoms with Crippen molar-refractivity contribution >= 4 is 6.21 Å². The maximum absolute atomic E-state index is 12.0. The van der Waals surface area contributed by atoms with Crippen LogP contribution in [-0.4, -0.2) is 30.0 Å².